The van der Waals surface area contributed by atoms with E-state index in [1.807, 2.05) is 4.90 Å². The van der Waals surface area contributed by atoms with Gasteiger partial charge in [-0.3, -0.25) is 0 Å². The molecule has 2 unspecified atom stereocenters. The smallest absolute Gasteiger partial charge is 0.0799 e. The van der Waals surface area contributed by atoms with E-state index in [0.717, 1.165) is 5.92 Å². The Bertz CT molecular complexity index is 161. The highest BCUT2D eigenvalue weighted by atomic mass is 35.5. The van der Waals surface area contributed by atoms with Gasteiger partial charge in [0.2, 0.25) is 0 Å². The predicted molar refractivity (Wildman–Crippen MR) is 72.0 cm³/mol. The van der Waals surface area contributed by atoms with Crippen LogP contribution in [0, 0.1) is 5.92 Å². The van der Waals surface area contributed by atoms with Crippen molar-refractivity contribution in [2.75, 3.05) is 19.6 Å². The lowest BCUT2D eigenvalue weighted by Crippen LogP contribution is -3.13. The Hall–Kier alpha value is 0.250. The molecule has 1 N–H and O–H groups in total. The molecule has 0 aromatic heterocycles. The van der Waals surface area contributed by atoms with Crippen LogP contribution in [0.2, 0.25) is 0 Å². The lowest BCUT2D eigenvalue weighted by molar-refractivity contribution is -0.909. The van der Waals surface area contributed by atoms with E-state index in [2.05, 4.69) is 13.8 Å². The van der Waals surface area contributed by atoms with Crippen molar-refractivity contribution in [1.29, 1.82) is 0 Å². The van der Waals surface area contributed by atoms with Crippen LogP contribution in [0.1, 0.15) is 71.6 Å². The van der Waals surface area contributed by atoms with Gasteiger partial charge in [0.1, 0.15) is 0 Å². The Labute approximate surface area is 115 Å². The van der Waals surface area contributed by atoms with Crippen molar-refractivity contribution >= 4 is 0 Å². The quantitative estimate of drug-likeness (QED) is 0.590. The molecule has 1 heterocycles. The van der Waals surface area contributed by atoms with Crippen LogP contribution in [-0.2, 0) is 0 Å². The third-order valence-electron chi connectivity index (χ3n) is 4.18. The van der Waals surface area contributed by atoms with Gasteiger partial charge in [0, 0.05) is 5.92 Å². The maximum absolute atomic E-state index is 2.36. The lowest BCUT2D eigenvalue weighted by atomic mass is 9.95. The van der Waals surface area contributed by atoms with Crippen molar-refractivity contribution in [2.45, 2.75) is 71.6 Å². The van der Waals surface area contributed by atoms with Gasteiger partial charge in [-0.15, -0.1) is 0 Å². The highest BCUT2D eigenvalue weighted by Crippen LogP contribution is 2.10. The number of piperidine rings is 1. The minimum absolute atomic E-state index is 0. The molecule has 1 nitrogen and oxygen atoms in total. The van der Waals surface area contributed by atoms with Crippen molar-refractivity contribution in [1.82, 2.24) is 0 Å². The van der Waals surface area contributed by atoms with Crippen LogP contribution in [0.25, 0.3) is 0 Å². The average Bonchev–Trinajstić information content (AvgIpc) is 2.34. The van der Waals surface area contributed by atoms with E-state index in [4.69, 9.17) is 0 Å². The molecule has 1 fully saturated rings. The third-order valence-corrected chi connectivity index (χ3v) is 4.18. The highest BCUT2D eigenvalue weighted by molar-refractivity contribution is 4.59. The number of likely N-dealkylation sites (tertiary alicyclic amines) is 1. The van der Waals surface area contributed by atoms with Gasteiger partial charge in [-0.1, -0.05) is 39.5 Å². The number of quaternary nitrogens is 1. The van der Waals surface area contributed by atoms with Gasteiger partial charge in [0.25, 0.3) is 0 Å². The second-order valence-electron chi connectivity index (χ2n) is 5.64. The summed E-state index contributed by atoms with van der Waals surface area (Å²) in [7, 11) is 0. The van der Waals surface area contributed by atoms with Crippen molar-refractivity contribution in [2.24, 2.45) is 5.92 Å². The van der Waals surface area contributed by atoms with Crippen LogP contribution in [0.4, 0.5) is 0 Å². The zero-order chi connectivity index (χ0) is 11.6. The van der Waals surface area contributed by atoms with Crippen LogP contribution in [0.5, 0.6) is 0 Å². The van der Waals surface area contributed by atoms with Crippen LogP contribution in [0.3, 0.4) is 0 Å². The largest absolute Gasteiger partial charge is 1.00 e. The Morgan fingerprint density at radius 1 is 1.00 bits per heavy atom. The van der Waals surface area contributed by atoms with Crippen molar-refractivity contribution in [3.05, 3.63) is 0 Å². The molecule has 17 heavy (non-hydrogen) atoms. The minimum atomic E-state index is 0. The molecule has 0 aliphatic carbocycles. The van der Waals surface area contributed by atoms with Crippen LogP contribution < -0.4 is 17.3 Å². The van der Waals surface area contributed by atoms with Crippen molar-refractivity contribution < 1.29 is 17.3 Å². The summed E-state index contributed by atoms with van der Waals surface area (Å²) in [6.07, 6.45) is 13.1. The van der Waals surface area contributed by atoms with E-state index in [9.17, 15) is 0 Å². The molecule has 2 heteroatoms. The number of hydrogen-bond acceptors (Lipinski definition) is 0. The molecule has 0 aromatic rings. The summed E-state index contributed by atoms with van der Waals surface area (Å²) < 4.78 is 0. The first-order chi connectivity index (χ1) is 7.86. The zero-order valence-corrected chi connectivity index (χ0v) is 12.7. The van der Waals surface area contributed by atoms with Gasteiger partial charge >= 0.3 is 0 Å². The summed E-state index contributed by atoms with van der Waals surface area (Å²) in [5.74, 6) is 1.03. The summed E-state index contributed by atoms with van der Waals surface area (Å²) in [5, 5.41) is 0. The summed E-state index contributed by atoms with van der Waals surface area (Å²) in [5.41, 5.74) is 0. The normalized spacial score (nSPS) is 24.4. The number of nitrogens with one attached hydrogen (secondary N) is 1. The number of halogens is 1. The fourth-order valence-electron chi connectivity index (χ4n) is 2.98. The molecule has 104 valence electrons. The molecule has 0 radical (unpaired) electrons. The second-order valence-corrected chi connectivity index (χ2v) is 5.64. The van der Waals surface area contributed by atoms with E-state index in [-0.39, 0.29) is 12.4 Å². The Morgan fingerprint density at radius 2 is 1.71 bits per heavy atom. The standard InChI is InChI=1S/C15H31N.ClH/c1-3-5-6-7-8-9-12-16-13-10-11-15(4-2)14-16;/h15H,3-14H2,1-2H3;1H. The van der Waals surface area contributed by atoms with E-state index >= 15 is 0 Å². The van der Waals surface area contributed by atoms with Gasteiger partial charge < -0.3 is 17.3 Å². The SMILES string of the molecule is CCCCCCCC[NH+]1CCCC(CC)C1.[Cl-]. The maximum Gasteiger partial charge on any atom is 0.0799 e. The fourth-order valence-corrected chi connectivity index (χ4v) is 2.98. The van der Waals surface area contributed by atoms with E-state index in [0.29, 0.717) is 0 Å². The molecule has 1 aliphatic rings. The molecule has 0 amide bonds. The van der Waals surface area contributed by atoms with Gasteiger partial charge in [-0.25, -0.2) is 0 Å². The topological polar surface area (TPSA) is 4.44 Å². The van der Waals surface area contributed by atoms with Crippen LogP contribution in [-0.4, -0.2) is 19.6 Å². The summed E-state index contributed by atoms with van der Waals surface area (Å²) in [6, 6.07) is 0. The number of unbranched alkanes of at least 4 members (excludes halogenated alkanes) is 5. The zero-order valence-electron chi connectivity index (χ0n) is 11.9. The molecule has 1 saturated heterocycles. The van der Waals surface area contributed by atoms with Gasteiger partial charge in [-0.2, -0.15) is 0 Å². The molecule has 0 aromatic carbocycles. The lowest BCUT2D eigenvalue weighted by Gasteiger charge is -2.29. The van der Waals surface area contributed by atoms with E-state index in [1.165, 1.54) is 77.4 Å². The molecule has 0 spiro atoms. The first-order valence-electron chi connectivity index (χ1n) is 7.70. The molecule has 1 aliphatic heterocycles. The maximum atomic E-state index is 2.36. The molecule has 0 saturated carbocycles. The Kier molecular flexibility index (Phi) is 11.5. The molecule has 1 rings (SSSR count). The number of rotatable bonds is 8. The van der Waals surface area contributed by atoms with E-state index < -0.39 is 0 Å². The summed E-state index contributed by atoms with van der Waals surface area (Å²) >= 11 is 0. The number of hydrogen-bond donors (Lipinski definition) is 1. The predicted octanol–water partition coefficient (Wildman–Crippen LogP) is 0.0558. The second kappa shape index (κ2) is 11.3. The third kappa shape index (κ3) is 8.05. The van der Waals surface area contributed by atoms with Crippen LogP contribution >= 0.6 is 0 Å². The van der Waals surface area contributed by atoms with Crippen LogP contribution in [0.15, 0.2) is 0 Å². The molecular weight excluding hydrogens is 230 g/mol. The summed E-state index contributed by atoms with van der Waals surface area (Å²) in [4.78, 5) is 1.90. The minimum Gasteiger partial charge on any atom is -1.00 e. The van der Waals surface area contributed by atoms with E-state index in [1.54, 1.807) is 0 Å². The Morgan fingerprint density at radius 3 is 2.41 bits per heavy atom. The molecular formula is C15H32ClN. The van der Waals surface area contributed by atoms with Crippen molar-refractivity contribution in [3.8, 4) is 0 Å². The van der Waals surface area contributed by atoms with Gasteiger partial charge in [0.05, 0.1) is 19.6 Å². The van der Waals surface area contributed by atoms with Gasteiger partial charge in [0.15, 0.2) is 0 Å². The first-order valence-corrected chi connectivity index (χ1v) is 7.70. The fraction of sp³-hybridized carbons (Fsp3) is 1.00. The molecule has 2 atom stereocenters. The first kappa shape index (κ1) is 17.2. The monoisotopic (exact) mass is 261 g/mol. The average molecular weight is 262 g/mol. The highest BCUT2D eigenvalue weighted by Gasteiger charge is 2.20. The molecule has 0 bridgehead atoms. The summed E-state index contributed by atoms with van der Waals surface area (Å²) in [6.45, 7) is 9.01. The van der Waals surface area contributed by atoms with Gasteiger partial charge in [-0.05, 0) is 32.1 Å². The van der Waals surface area contributed by atoms with Crippen molar-refractivity contribution in [3.63, 3.8) is 0 Å². The Balaban J connectivity index is 0.00000256.